The van der Waals surface area contributed by atoms with Gasteiger partial charge in [-0.15, -0.1) is 0 Å². The standard InChI is InChI=1S/C13H24N2O4/c1-4-15-5-6-19-11(8-15)7-14-12(16)9(2)10(3)13(17)18/h9-11H,4-8H2,1-3H3,(H,14,16)(H,17,18). The number of morpholine rings is 1. The van der Waals surface area contributed by atoms with Crippen molar-refractivity contribution in [3.63, 3.8) is 0 Å². The smallest absolute Gasteiger partial charge is 0.307 e. The quantitative estimate of drug-likeness (QED) is 0.721. The Balaban J connectivity index is 2.35. The zero-order valence-electron chi connectivity index (χ0n) is 11.9. The maximum Gasteiger partial charge on any atom is 0.307 e. The number of rotatable bonds is 6. The summed E-state index contributed by atoms with van der Waals surface area (Å²) in [4.78, 5) is 24.9. The first kappa shape index (κ1) is 15.9. The lowest BCUT2D eigenvalue weighted by Crippen LogP contribution is -2.48. The van der Waals surface area contributed by atoms with Crippen LogP contribution in [0.15, 0.2) is 0 Å². The molecule has 6 nitrogen and oxygen atoms in total. The van der Waals surface area contributed by atoms with E-state index in [9.17, 15) is 9.59 Å². The van der Waals surface area contributed by atoms with Gasteiger partial charge in [-0.05, 0) is 6.54 Å². The second-order valence-corrected chi connectivity index (χ2v) is 5.05. The molecule has 2 N–H and O–H groups in total. The number of aliphatic carboxylic acids is 1. The lowest BCUT2D eigenvalue weighted by atomic mass is 9.95. The van der Waals surface area contributed by atoms with Crippen molar-refractivity contribution in [2.45, 2.75) is 26.9 Å². The number of carboxylic acids is 1. The number of carbonyl (C=O) groups is 2. The molecule has 110 valence electrons. The topological polar surface area (TPSA) is 78.9 Å². The van der Waals surface area contributed by atoms with E-state index in [4.69, 9.17) is 9.84 Å². The molecule has 0 aromatic carbocycles. The van der Waals surface area contributed by atoms with Gasteiger partial charge in [-0.25, -0.2) is 0 Å². The van der Waals surface area contributed by atoms with Gasteiger partial charge in [0.1, 0.15) is 0 Å². The van der Waals surface area contributed by atoms with Gasteiger partial charge in [-0.1, -0.05) is 20.8 Å². The Morgan fingerprint density at radius 2 is 2.11 bits per heavy atom. The zero-order chi connectivity index (χ0) is 14.4. The molecule has 1 saturated heterocycles. The van der Waals surface area contributed by atoms with Crippen LogP contribution in [0.2, 0.25) is 0 Å². The van der Waals surface area contributed by atoms with Crippen LogP contribution in [0.5, 0.6) is 0 Å². The predicted octanol–water partition coefficient (Wildman–Crippen LogP) is 0.180. The van der Waals surface area contributed by atoms with Crippen LogP contribution in [0.1, 0.15) is 20.8 Å². The van der Waals surface area contributed by atoms with E-state index < -0.39 is 17.8 Å². The van der Waals surface area contributed by atoms with Gasteiger partial charge in [0.05, 0.1) is 18.6 Å². The van der Waals surface area contributed by atoms with Gasteiger partial charge >= 0.3 is 5.97 Å². The number of nitrogens with one attached hydrogen (secondary N) is 1. The number of ether oxygens (including phenoxy) is 1. The minimum Gasteiger partial charge on any atom is -0.481 e. The highest BCUT2D eigenvalue weighted by atomic mass is 16.5. The summed E-state index contributed by atoms with van der Waals surface area (Å²) in [7, 11) is 0. The third kappa shape index (κ3) is 4.80. The Kier molecular flexibility index (Phi) is 6.24. The van der Waals surface area contributed by atoms with Crippen molar-refractivity contribution in [3.8, 4) is 0 Å². The van der Waals surface area contributed by atoms with Gasteiger partial charge in [-0.3, -0.25) is 14.5 Å². The lowest BCUT2D eigenvalue weighted by molar-refractivity contribution is -0.146. The average molecular weight is 272 g/mol. The molecule has 1 aliphatic heterocycles. The van der Waals surface area contributed by atoms with Crippen molar-refractivity contribution in [1.29, 1.82) is 0 Å². The minimum absolute atomic E-state index is 0.00927. The van der Waals surface area contributed by atoms with Crippen LogP contribution in [0.3, 0.4) is 0 Å². The van der Waals surface area contributed by atoms with Crippen LogP contribution in [-0.4, -0.2) is 60.8 Å². The monoisotopic (exact) mass is 272 g/mol. The third-order valence-electron chi connectivity index (χ3n) is 3.73. The summed E-state index contributed by atoms with van der Waals surface area (Å²) in [5, 5.41) is 11.7. The van der Waals surface area contributed by atoms with Crippen LogP contribution in [0, 0.1) is 11.8 Å². The van der Waals surface area contributed by atoms with Crippen molar-refractivity contribution in [2.75, 3.05) is 32.8 Å². The zero-order valence-corrected chi connectivity index (χ0v) is 11.9. The van der Waals surface area contributed by atoms with Crippen molar-refractivity contribution >= 4 is 11.9 Å². The fraction of sp³-hybridized carbons (Fsp3) is 0.846. The normalized spacial score (nSPS) is 23.6. The first-order valence-corrected chi connectivity index (χ1v) is 6.80. The molecule has 0 saturated carbocycles. The summed E-state index contributed by atoms with van der Waals surface area (Å²) >= 11 is 0. The Labute approximate surface area is 114 Å². The van der Waals surface area contributed by atoms with E-state index in [1.807, 2.05) is 0 Å². The summed E-state index contributed by atoms with van der Waals surface area (Å²) < 4.78 is 5.58. The van der Waals surface area contributed by atoms with Crippen LogP contribution < -0.4 is 5.32 Å². The third-order valence-corrected chi connectivity index (χ3v) is 3.73. The van der Waals surface area contributed by atoms with E-state index in [1.165, 1.54) is 0 Å². The number of likely N-dealkylation sites (N-methyl/N-ethyl adjacent to an activating group) is 1. The molecule has 1 aliphatic rings. The molecule has 1 rings (SSSR count). The lowest BCUT2D eigenvalue weighted by Gasteiger charge is -2.32. The van der Waals surface area contributed by atoms with Gasteiger partial charge in [0, 0.05) is 25.6 Å². The van der Waals surface area contributed by atoms with Gasteiger partial charge in [0.2, 0.25) is 5.91 Å². The molecule has 0 bridgehead atoms. The summed E-state index contributed by atoms with van der Waals surface area (Å²) in [5.41, 5.74) is 0. The molecular weight excluding hydrogens is 248 g/mol. The second kappa shape index (κ2) is 7.45. The molecule has 3 atom stereocenters. The largest absolute Gasteiger partial charge is 0.481 e. The van der Waals surface area contributed by atoms with Crippen LogP contribution >= 0.6 is 0 Å². The maximum atomic E-state index is 11.8. The minimum atomic E-state index is -0.950. The van der Waals surface area contributed by atoms with E-state index in [0.717, 1.165) is 19.6 Å². The average Bonchev–Trinajstić information content (AvgIpc) is 2.43. The van der Waals surface area contributed by atoms with E-state index in [0.29, 0.717) is 13.2 Å². The van der Waals surface area contributed by atoms with Gasteiger partial charge in [-0.2, -0.15) is 0 Å². The summed E-state index contributed by atoms with van der Waals surface area (Å²) in [6, 6.07) is 0. The molecule has 1 amide bonds. The Bertz CT molecular complexity index is 322. The molecule has 6 heteroatoms. The molecule has 0 aromatic heterocycles. The fourth-order valence-corrected chi connectivity index (χ4v) is 2.01. The fourth-order valence-electron chi connectivity index (χ4n) is 2.01. The van der Waals surface area contributed by atoms with E-state index >= 15 is 0 Å². The Morgan fingerprint density at radius 1 is 1.42 bits per heavy atom. The summed E-state index contributed by atoms with van der Waals surface area (Å²) in [5.74, 6) is -2.40. The number of hydrogen-bond acceptors (Lipinski definition) is 4. The molecule has 1 fully saturated rings. The van der Waals surface area contributed by atoms with Crippen molar-refractivity contribution in [3.05, 3.63) is 0 Å². The number of hydrogen-bond donors (Lipinski definition) is 2. The molecular formula is C13H24N2O4. The summed E-state index contributed by atoms with van der Waals surface area (Å²) in [6.45, 7) is 9.09. The van der Waals surface area contributed by atoms with Gasteiger partial charge < -0.3 is 15.2 Å². The van der Waals surface area contributed by atoms with Crippen LogP contribution in [0.25, 0.3) is 0 Å². The van der Waals surface area contributed by atoms with Crippen molar-refractivity contribution in [2.24, 2.45) is 11.8 Å². The van der Waals surface area contributed by atoms with E-state index in [-0.39, 0.29) is 12.0 Å². The highest BCUT2D eigenvalue weighted by Gasteiger charge is 2.27. The molecule has 0 spiro atoms. The molecule has 0 radical (unpaired) electrons. The van der Waals surface area contributed by atoms with Gasteiger partial charge in [0.25, 0.3) is 0 Å². The number of carboxylic acid groups (broad SMARTS) is 1. The number of amides is 1. The number of carbonyl (C=O) groups excluding carboxylic acids is 1. The summed E-state index contributed by atoms with van der Waals surface area (Å²) in [6.07, 6.45) is -0.00927. The molecule has 0 aliphatic carbocycles. The van der Waals surface area contributed by atoms with Gasteiger partial charge in [0.15, 0.2) is 0 Å². The van der Waals surface area contributed by atoms with Crippen molar-refractivity contribution < 1.29 is 19.4 Å². The first-order valence-electron chi connectivity index (χ1n) is 6.80. The van der Waals surface area contributed by atoms with Crippen molar-refractivity contribution in [1.82, 2.24) is 10.2 Å². The highest BCUT2D eigenvalue weighted by Crippen LogP contribution is 2.11. The first-order chi connectivity index (χ1) is 8.95. The van der Waals surface area contributed by atoms with E-state index in [2.05, 4.69) is 17.1 Å². The number of nitrogens with zero attached hydrogens (tertiary/aromatic N) is 1. The molecule has 1 heterocycles. The SMILES string of the molecule is CCN1CCOC(CNC(=O)C(C)C(C)C(=O)O)C1. The van der Waals surface area contributed by atoms with E-state index in [1.54, 1.807) is 13.8 Å². The highest BCUT2D eigenvalue weighted by molar-refractivity contribution is 5.84. The molecule has 19 heavy (non-hydrogen) atoms. The predicted molar refractivity (Wildman–Crippen MR) is 70.8 cm³/mol. The molecule has 3 unspecified atom stereocenters. The molecule has 0 aromatic rings. The van der Waals surface area contributed by atoms with Crippen LogP contribution in [0.4, 0.5) is 0 Å². The second-order valence-electron chi connectivity index (χ2n) is 5.05. The maximum absolute atomic E-state index is 11.8. The van der Waals surface area contributed by atoms with Crippen LogP contribution in [-0.2, 0) is 14.3 Å². The Morgan fingerprint density at radius 3 is 2.68 bits per heavy atom. The Hall–Kier alpha value is -1.14.